The second-order valence-electron chi connectivity index (χ2n) is 9.37. The Kier molecular flexibility index (Phi) is 8.21. The van der Waals surface area contributed by atoms with Gasteiger partial charge in [-0.2, -0.15) is 0 Å². The first-order valence-corrected chi connectivity index (χ1v) is 12.2. The number of aromatic nitrogens is 2. The quantitative estimate of drug-likeness (QED) is 0.479. The number of halogens is 1. The summed E-state index contributed by atoms with van der Waals surface area (Å²) in [5.74, 6) is 0.896. The van der Waals surface area contributed by atoms with Gasteiger partial charge in [0, 0.05) is 50.0 Å². The van der Waals surface area contributed by atoms with Gasteiger partial charge in [-0.3, -0.25) is 9.69 Å². The van der Waals surface area contributed by atoms with Crippen LogP contribution in [-0.4, -0.2) is 71.0 Å². The van der Waals surface area contributed by atoms with Gasteiger partial charge in [-0.25, -0.2) is 4.98 Å². The summed E-state index contributed by atoms with van der Waals surface area (Å²) in [5.41, 5.74) is 4.61. The van der Waals surface area contributed by atoms with Crippen molar-refractivity contribution in [3.05, 3.63) is 59.4 Å². The van der Waals surface area contributed by atoms with Gasteiger partial charge in [0.05, 0.1) is 17.6 Å². The molecule has 2 saturated heterocycles. The van der Waals surface area contributed by atoms with Crippen molar-refractivity contribution in [2.24, 2.45) is 0 Å². The standard InChI is InChI=1S/C26H34N6O.ClH/c1-19-3-2-13-32(19)18-25-29-23-9-8-22(17-24(23)30-25)28-26(33)21-6-4-20(5-7-21)10-14-31-15-11-27-12-16-31;/h4-9,17,19,27H,2-3,10-16,18H2,1H3,(H,28,33)(H,29,30);1H/t19-;/m0./s1. The fourth-order valence-electron chi connectivity index (χ4n) is 4.88. The Bertz CT molecular complexity index is 1090. The van der Waals surface area contributed by atoms with E-state index >= 15 is 0 Å². The molecule has 0 radical (unpaired) electrons. The molecule has 1 amide bonds. The molecule has 0 saturated carbocycles. The predicted octanol–water partition coefficient (Wildman–Crippen LogP) is 3.67. The molecule has 2 aromatic carbocycles. The van der Waals surface area contributed by atoms with Gasteiger partial charge in [-0.1, -0.05) is 12.1 Å². The molecular weight excluding hydrogens is 448 g/mol. The number of amides is 1. The minimum Gasteiger partial charge on any atom is -0.341 e. The monoisotopic (exact) mass is 482 g/mol. The van der Waals surface area contributed by atoms with Crippen LogP contribution < -0.4 is 10.6 Å². The van der Waals surface area contributed by atoms with Gasteiger partial charge in [0.15, 0.2) is 0 Å². The highest BCUT2D eigenvalue weighted by Crippen LogP contribution is 2.22. The Morgan fingerprint density at radius 1 is 1.12 bits per heavy atom. The molecule has 0 spiro atoms. The number of nitrogens with zero attached hydrogens (tertiary/aromatic N) is 3. The third-order valence-corrected chi connectivity index (χ3v) is 6.97. The first-order chi connectivity index (χ1) is 16.1. The van der Waals surface area contributed by atoms with E-state index in [4.69, 9.17) is 4.98 Å². The lowest BCUT2D eigenvalue weighted by atomic mass is 10.1. The molecule has 3 aromatic rings. The second-order valence-corrected chi connectivity index (χ2v) is 9.37. The zero-order valence-corrected chi connectivity index (χ0v) is 20.7. The number of benzene rings is 2. The molecule has 2 aliphatic heterocycles. The third kappa shape index (κ3) is 5.96. The van der Waals surface area contributed by atoms with E-state index in [1.54, 1.807) is 0 Å². The van der Waals surface area contributed by atoms with Crippen LogP contribution in [-0.2, 0) is 13.0 Å². The molecule has 182 valence electrons. The van der Waals surface area contributed by atoms with Crippen molar-refractivity contribution < 1.29 is 4.79 Å². The van der Waals surface area contributed by atoms with Crippen LogP contribution in [0.2, 0.25) is 0 Å². The summed E-state index contributed by atoms with van der Waals surface area (Å²) < 4.78 is 0. The smallest absolute Gasteiger partial charge is 0.255 e. The number of imidazole rings is 1. The van der Waals surface area contributed by atoms with E-state index in [1.807, 2.05) is 30.3 Å². The molecule has 2 aliphatic rings. The lowest BCUT2D eigenvalue weighted by Gasteiger charge is -2.27. The Morgan fingerprint density at radius 3 is 2.65 bits per heavy atom. The lowest BCUT2D eigenvalue weighted by molar-refractivity contribution is 0.102. The van der Waals surface area contributed by atoms with Gasteiger partial charge in [-0.15, -0.1) is 12.4 Å². The van der Waals surface area contributed by atoms with Crippen LogP contribution in [0.5, 0.6) is 0 Å². The largest absolute Gasteiger partial charge is 0.341 e. The molecule has 1 aromatic heterocycles. The van der Waals surface area contributed by atoms with Crippen LogP contribution in [0.3, 0.4) is 0 Å². The maximum atomic E-state index is 12.8. The van der Waals surface area contributed by atoms with Gasteiger partial charge < -0.3 is 20.5 Å². The Labute approximate surface area is 207 Å². The van der Waals surface area contributed by atoms with Crippen molar-refractivity contribution >= 4 is 35.0 Å². The first-order valence-electron chi connectivity index (χ1n) is 12.2. The van der Waals surface area contributed by atoms with E-state index in [-0.39, 0.29) is 18.3 Å². The van der Waals surface area contributed by atoms with Gasteiger partial charge in [0.25, 0.3) is 5.91 Å². The van der Waals surface area contributed by atoms with Crippen LogP contribution in [0, 0.1) is 0 Å². The number of anilines is 1. The number of hydrogen-bond acceptors (Lipinski definition) is 5. The number of likely N-dealkylation sites (tertiary alicyclic amines) is 1. The fraction of sp³-hybridized carbons (Fsp3) is 0.462. The van der Waals surface area contributed by atoms with Crippen molar-refractivity contribution in [1.82, 2.24) is 25.1 Å². The fourth-order valence-corrected chi connectivity index (χ4v) is 4.88. The number of fused-ring (bicyclic) bond motifs is 1. The van der Waals surface area contributed by atoms with E-state index in [2.05, 4.69) is 44.5 Å². The van der Waals surface area contributed by atoms with Gasteiger partial charge >= 0.3 is 0 Å². The van der Waals surface area contributed by atoms with Crippen LogP contribution >= 0.6 is 12.4 Å². The first kappa shape index (κ1) is 24.7. The molecular formula is C26H35ClN6O. The number of piperazine rings is 1. The minimum absolute atomic E-state index is 0. The highest BCUT2D eigenvalue weighted by atomic mass is 35.5. The van der Waals surface area contributed by atoms with Crippen molar-refractivity contribution in [2.45, 2.75) is 38.8 Å². The van der Waals surface area contributed by atoms with E-state index in [0.717, 1.165) is 74.8 Å². The summed E-state index contributed by atoms with van der Waals surface area (Å²) >= 11 is 0. The molecule has 3 heterocycles. The van der Waals surface area contributed by atoms with E-state index < -0.39 is 0 Å². The number of H-pyrrole nitrogens is 1. The number of carbonyl (C=O) groups is 1. The lowest BCUT2D eigenvalue weighted by Crippen LogP contribution is -2.44. The summed E-state index contributed by atoms with van der Waals surface area (Å²) in [6.45, 7) is 9.69. The van der Waals surface area contributed by atoms with E-state index in [1.165, 1.54) is 18.4 Å². The molecule has 0 bridgehead atoms. The highest BCUT2D eigenvalue weighted by Gasteiger charge is 2.21. The summed E-state index contributed by atoms with van der Waals surface area (Å²) in [6, 6.07) is 14.5. The SMILES string of the molecule is C[C@H]1CCCN1Cc1nc2ccc(NC(=O)c3ccc(CCN4CCNCC4)cc3)cc2[nH]1.Cl. The van der Waals surface area contributed by atoms with Gasteiger partial charge in [-0.05, 0) is 68.6 Å². The molecule has 8 heteroatoms. The second kappa shape index (κ2) is 11.3. The van der Waals surface area contributed by atoms with Crippen LogP contribution in [0.1, 0.15) is 41.5 Å². The summed E-state index contributed by atoms with van der Waals surface area (Å²) in [5, 5.41) is 6.42. The molecule has 0 unspecified atom stereocenters. The summed E-state index contributed by atoms with van der Waals surface area (Å²) in [7, 11) is 0. The predicted molar refractivity (Wildman–Crippen MR) is 140 cm³/mol. The number of rotatable bonds is 7. The summed E-state index contributed by atoms with van der Waals surface area (Å²) in [4.78, 5) is 25.9. The van der Waals surface area contributed by atoms with Crippen molar-refractivity contribution in [3.63, 3.8) is 0 Å². The number of nitrogens with one attached hydrogen (secondary N) is 3. The molecule has 7 nitrogen and oxygen atoms in total. The van der Waals surface area contributed by atoms with E-state index in [9.17, 15) is 4.79 Å². The normalized spacial score (nSPS) is 19.3. The topological polar surface area (TPSA) is 76.3 Å². The number of aromatic amines is 1. The molecule has 5 rings (SSSR count). The van der Waals surface area contributed by atoms with Gasteiger partial charge in [0.1, 0.15) is 5.82 Å². The summed E-state index contributed by atoms with van der Waals surface area (Å²) in [6.07, 6.45) is 3.53. The number of carbonyl (C=O) groups excluding carboxylic acids is 1. The highest BCUT2D eigenvalue weighted by molar-refractivity contribution is 6.05. The Balaban J connectivity index is 0.00000274. The van der Waals surface area contributed by atoms with Crippen molar-refractivity contribution in [3.8, 4) is 0 Å². The average Bonchev–Trinajstić information content (AvgIpc) is 3.43. The van der Waals surface area contributed by atoms with Crippen LogP contribution in [0.4, 0.5) is 5.69 Å². The maximum absolute atomic E-state index is 12.8. The van der Waals surface area contributed by atoms with Crippen molar-refractivity contribution in [2.75, 3.05) is 44.6 Å². The molecule has 34 heavy (non-hydrogen) atoms. The zero-order valence-electron chi connectivity index (χ0n) is 19.8. The Hall–Kier alpha value is -2.45. The van der Waals surface area contributed by atoms with E-state index in [0.29, 0.717) is 11.6 Å². The van der Waals surface area contributed by atoms with Gasteiger partial charge in [0.2, 0.25) is 0 Å². The zero-order chi connectivity index (χ0) is 22.6. The van der Waals surface area contributed by atoms with Crippen molar-refractivity contribution in [1.29, 1.82) is 0 Å². The molecule has 1 atom stereocenters. The molecule has 2 fully saturated rings. The molecule has 0 aliphatic carbocycles. The number of hydrogen-bond donors (Lipinski definition) is 3. The van der Waals surface area contributed by atoms with Crippen LogP contribution in [0.25, 0.3) is 11.0 Å². The average molecular weight is 483 g/mol. The molecule has 3 N–H and O–H groups in total. The Morgan fingerprint density at radius 2 is 1.91 bits per heavy atom. The van der Waals surface area contributed by atoms with Crippen LogP contribution in [0.15, 0.2) is 42.5 Å². The third-order valence-electron chi connectivity index (χ3n) is 6.97. The maximum Gasteiger partial charge on any atom is 0.255 e. The minimum atomic E-state index is -0.0892.